The number of aliphatic imine (C=N–C) groups is 1. The van der Waals surface area contributed by atoms with Gasteiger partial charge in [0.05, 0.1) is 25.3 Å². The molecule has 2 aliphatic heterocycles. The number of hydrogen-bond donors (Lipinski definition) is 1. The second-order valence-corrected chi connectivity index (χ2v) is 15.8. The van der Waals surface area contributed by atoms with Crippen LogP contribution in [-0.2, 0) is 26.1 Å². The molecule has 11 nitrogen and oxygen atoms in total. The van der Waals surface area contributed by atoms with Crippen molar-refractivity contribution in [3.8, 4) is 5.75 Å². The number of nitrogens with one attached hydrogen (secondary N) is 1. The van der Waals surface area contributed by atoms with Gasteiger partial charge >= 0.3 is 6.03 Å². The Morgan fingerprint density at radius 1 is 0.925 bits per heavy atom. The van der Waals surface area contributed by atoms with Crippen molar-refractivity contribution >= 4 is 46.9 Å². The second-order valence-electron chi connectivity index (χ2n) is 14.9. The standard InChI is InChI=1S/C40H51Cl2N7O4/c1-9-43-34(50)25-46(8)35(51)26-47-19-21-48(22-20-47)37(52)49-36(31-24-44-33(38(3,4)5)23-32(31)53-10-2)45-39(6,27-11-15-29(41)16-12-27)40(49,7)28-13-17-30(42)18-14-28/h11-18,23-24H,9-10,19-22,25-26H2,1-8H3,(H,43,50)/t39-,40+/m0/s1. The molecular formula is C40H51Cl2N7O4. The highest BCUT2D eigenvalue weighted by Crippen LogP contribution is 2.54. The van der Waals surface area contributed by atoms with Crippen LogP contribution in [0, 0.1) is 0 Å². The number of amidine groups is 1. The molecule has 284 valence electrons. The minimum Gasteiger partial charge on any atom is -0.493 e. The van der Waals surface area contributed by atoms with Crippen molar-refractivity contribution in [2.75, 3.05) is 59.5 Å². The van der Waals surface area contributed by atoms with E-state index in [9.17, 15) is 9.59 Å². The number of nitrogens with zero attached hydrogens (tertiary/aromatic N) is 6. The zero-order valence-corrected chi connectivity index (χ0v) is 33.5. The maximum absolute atomic E-state index is 15.3. The molecule has 1 aromatic heterocycles. The summed E-state index contributed by atoms with van der Waals surface area (Å²) in [6, 6.07) is 16.8. The number of hydrogen-bond acceptors (Lipinski definition) is 7. The number of carbonyl (C=O) groups is 3. The average molecular weight is 765 g/mol. The predicted molar refractivity (Wildman–Crippen MR) is 210 cm³/mol. The normalized spacial score (nSPS) is 20.6. The molecule has 2 atom stereocenters. The Morgan fingerprint density at radius 2 is 1.51 bits per heavy atom. The molecule has 0 radical (unpaired) electrons. The highest BCUT2D eigenvalue weighted by molar-refractivity contribution is 6.30. The average Bonchev–Trinajstić information content (AvgIpc) is 3.36. The molecule has 3 heterocycles. The summed E-state index contributed by atoms with van der Waals surface area (Å²) in [7, 11) is 1.63. The molecule has 1 fully saturated rings. The van der Waals surface area contributed by atoms with Gasteiger partial charge in [-0.3, -0.25) is 29.4 Å². The molecule has 0 aliphatic carbocycles. The molecule has 0 bridgehead atoms. The number of carbonyl (C=O) groups excluding carboxylic acids is 3. The SMILES string of the molecule is CCNC(=O)CN(C)C(=O)CN1CCN(C(=O)N2C(c3cnc(C(C)(C)C)cc3OCC)=N[C@@](C)(c3ccc(Cl)cc3)[C@@]2(C)c2ccc(Cl)cc2)CC1. The highest BCUT2D eigenvalue weighted by atomic mass is 35.5. The zero-order chi connectivity index (χ0) is 38.7. The fourth-order valence-corrected chi connectivity index (χ4v) is 7.22. The van der Waals surface area contributed by atoms with E-state index in [-0.39, 0.29) is 36.3 Å². The molecule has 13 heteroatoms. The number of piperazine rings is 1. The number of aromatic nitrogens is 1. The maximum Gasteiger partial charge on any atom is 0.326 e. The van der Waals surface area contributed by atoms with Crippen LogP contribution in [0.25, 0.3) is 0 Å². The van der Waals surface area contributed by atoms with Crippen LogP contribution in [0.3, 0.4) is 0 Å². The van der Waals surface area contributed by atoms with Crippen molar-refractivity contribution in [3.05, 3.63) is 93.2 Å². The first-order valence-corrected chi connectivity index (χ1v) is 18.9. The summed E-state index contributed by atoms with van der Waals surface area (Å²) in [4.78, 5) is 57.7. The third-order valence-corrected chi connectivity index (χ3v) is 10.8. The first-order valence-electron chi connectivity index (χ1n) is 18.1. The van der Waals surface area contributed by atoms with Crippen molar-refractivity contribution < 1.29 is 19.1 Å². The second kappa shape index (κ2) is 16.0. The number of pyridine rings is 1. The van der Waals surface area contributed by atoms with E-state index in [1.807, 2.05) is 92.1 Å². The Morgan fingerprint density at radius 3 is 2.06 bits per heavy atom. The van der Waals surface area contributed by atoms with Crippen LogP contribution in [0.5, 0.6) is 5.75 Å². The number of rotatable bonds is 10. The third kappa shape index (κ3) is 8.17. The molecule has 4 amide bonds. The van der Waals surface area contributed by atoms with Gasteiger partial charge in [0, 0.05) is 73.2 Å². The third-order valence-electron chi connectivity index (χ3n) is 10.3. The fourth-order valence-electron chi connectivity index (χ4n) is 6.96. The Bertz CT molecular complexity index is 1840. The number of amides is 4. The monoisotopic (exact) mass is 763 g/mol. The lowest BCUT2D eigenvalue weighted by atomic mass is 9.71. The van der Waals surface area contributed by atoms with E-state index in [2.05, 4.69) is 26.1 Å². The lowest BCUT2D eigenvalue weighted by Crippen LogP contribution is -2.61. The largest absolute Gasteiger partial charge is 0.493 e. The van der Waals surface area contributed by atoms with E-state index in [1.165, 1.54) is 4.90 Å². The van der Waals surface area contributed by atoms with E-state index in [0.717, 1.165) is 16.8 Å². The van der Waals surface area contributed by atoms with E-state index < -0.39 is 11.1 Å². The van der Waals surface area contributed by atoms with Crippen LogP contribution in [-0.4, -0.2) is 108 Å². The molecule has 1 N–H and O–H groups in total. The van der Waals surface area contributed by atoms with Gasteiger partial charge in [0.2, 0.25) is 11.8 Å². The van der Waals surface area contributed by atoms with E-state index >= 15 is 4.79 Å². The first-order chi connectivity index (χ1) is 25.0. The highest BCUT2D eigenvalue weighted by Gasteiger charge is 2.60. The van der Waals surface area contributed by atoms with Gasteiger partial charge in [0.1, 0.15) is 22.7 Å². The molecular weight excluding hydrogens is 713 g/mol. The molecule has 0 spiro atoms. The Kier molecular flexibility index (Phi) is 12.1. The minimum atomic E-state index is -1.07. The van der Waals surface area contributed by atoms with E-state index in [1.54, 1.807) is 18.1 Å². The molecule has 5 rings (SSSR count). The van der Waals surface area contributed by atoms with Crippen molar-refractivity contribution in [2.24, 2.45) is 4.99 Å². The van der Waals surface area contributed by atoms with Gasteiger partial charge in [-0.2, -0.15) is 0 Å². The molecule has 3 aromatic rings. The number of likely N-dealkylation sites (N-methyl/N-ethyl adjacent to an activating group) is 2. The topological polar surface area (TPSA) is 111 Å². The first kappa shape index (κ1) is 40.0. The van der Waals surface area contributed by atoms with Gasteiger partial charge in [-0.05, 0) is 63.1 Å². The summed E-state index contributed by atoms with van der Waals surface area (Å²) < 4.78 is 6.27. The summed E-state index contributed by atoms with van der Waals surface area (Å²) in [5, 5.41) is 3.89. The van der Waals surface area contributed by atoms with Crippen LogP contribution in [0.1, 0.15) is 70.9 Å². The van der Waals surface area contributed by atoms with Crippen molar-refractivity contribution in [1.29, 1.82) is 0 Å². The van der Waals surface area contributed by atoms with Crippen LogP contribution in [0.4, 0.5) is 4.79 Å². The number of benzene rings is 2. The van der Waals surface area contributed by atoms with Crippen molar-refractivity contribution in [1.82, 2.24) is 29.9 Å². The van der Waals surface area contributed by atoms with Crippen LogP contribution in [0.15, 0.2) is 65.8 Å². The summed E-state index contributed by atoms with van der Waals surface area (Å²) >= 11 is 12.8. The molecule has 53 heavy (non-hydrogen) atoms. The van der Waals surface area contributed by atoms with Gasteiger partial charge in [-0.15, -0.1) is 0 Å². The van der Waals surface area contributed by atoms with Gasteiger partial charge < -0.3 is 19.9 Å². The van der Waals surface area contributed by atoms with Gasteiger partial charge in [0.25, 0.3) is 0 Å². The molecule has 0 saturated carbocycles. The summed E-state index contributed by atoms with van der Waals surface area (Å²) in [6.45, 7) is 16.9. The van der Waals surface area contributed by atoms with Gasteiger partial charge in [0.15, 0.2) is 0 Å². The molecule has 0 unspecified atom stereocenters. The van der Waals surface area contributed by atoms with Crippen LogP contribution >= 0.6 is 23.2 Å². The minimum absolute atomic E-state index is 0.00676. The summed E-state index contributed by atoms with van der Waals surface area (Å²) in [6.07, 6.45) is 1.77. The van der Waals surface area contributed by atoms with Gasteiger partial charge in [-0.25, -0.2) is 4.79 Å². The van der Waals surface area contributed by atoms with E-state index in [4.69, 9.17) is 37.9 Å². The smallest absolute Gasteiger partial charge is 0.326 e. The quantitative estimate of drug-likeness (QED) is 0.259. The lowest BCUT2D eigenvalue weighted by molar-refractivity contribution is -0.135. The fraction of sp³-hybridized carbons (Fsp3) is 0.475. The number of ether oxygens (including phenoxy) is 1. The molecule has 2 aliphatic rings. The van der Waals surface area contributed by atoms with Crippen molar-refractivity contribution in [2.45, 2.75) is 65.0 Å². The van der Waals surface area contributed by atoms with E-state index in [0.29, 0.717) is 66.5 Å². The Labute approximate surface area is 323 Å². The van der Waals surface area contributed by atoms with Crippen molar-refractivity contribution in [3.63, 3.8) is 0 Å². The van der Waals surface area contributed by atoms with Gasteiger partial charge in [-0.1, -0.05) is 68.2 Å². The Hall–Kier alpha value is -4.19. The Balaban J connectivity index is 1.57. The summed E-state index contributed by atoms with van der Waals surface area (Å²) in [5.41, 5.74) is 0.831. The maximum atomic E-state index is 15.3. The number of urea groups is 1. The predicted octanol–water partition coefficient (Wildman–Crippen LogP) is 6.31. The van der Waals surface area contributed by atoms with Crippen LogP contribution < -0.4 is 10.1 Å². The lowest BCUT2D eigenvalue weighted by Gasteiger charge is -2.47. The number of halogens is 2. The zero-order valence-electron chi connectivity index (χ0n) is 32.0. The molecule has 2 aromatic carbocycles. The molecule has 1 saturated heterocycles. The van der Waals surface area contributed by atoms with Crippen LogP contribution in [0.2, 0.25) is 10.0 Å². The summed E-state index contributed by atoms with van der Waals surface area (Å²) in [5.74, 6) is 0.661.